The predicted octanol–water partition coefficient (Wildman–Crippen LogP) is 2.74. The normalized spacial score (nSPS) is 15.2. The van der Waals surface area contributed by atoms with E-state index < -0.39 is 0 Å². The fourth-order valence-corrected chi connectivity index (χ4v) is 1.07. The highest BCUT2D eigenvalue weighted by atomic mass is 16.5. The summed E-state index contributed by atoms with van der Waals surface area (Å²) in [6.45, 7) is 4.91. The number of rotatable bonds is 6. The minimum Gasteiger partial charge on any atom is -0.385 e. The lowest BCUT2D eigenvalue weighted by molar-refractivity contribution is 0.188. The lowest BCUT2D eigenvalue weighted by Crippen LogP contribution is -2.12. The van der Waals surface area contributed by atoms with Gasteiger partial charge >= 0.3 is 0 Å². The number of hydrogen-bond donors (Lipinski definition) is 0. The first-order chi connectivity index (χ1) is 5.68. The van der Waals surface area contributed by atoms with E-state index in [1.165, 1.54) is 0 Å². The van der Waals surface area contributed by atoms with Gasteiger partial charge in [0.15, 0.2) is 0 Å². The second kappa shape index (κ2) is 6.02. The van der Waals surface area contributed by atoms with Crippen molar-refractivity contribution in [3.8, 4) is 6.07 Å². The van der Waals surface area contributed by atoms with Crippen molar-refractivity contribution in [1.82, 2.24) is 0 Å². The zero-order valence-corrected chi connectivity index (χ0v) is 8.39. The smallest absolute Gasteiger partial charge is 0.0686 e. The number of nitrogens with zero attached hydrogens (tertiary/aromatic N) is 1. The molecule has 0 N–H and O–H groups in total. The van der Waals surface area contributed by atoms with E-state index in [-0.39, 0.29) is 5.41 Å². The first-order valence-electron chi connectivity index (χ1n) is 4.58. The van der Waals surface area contributed by atoms with Crippen molar-refractivity contribution in [3.05, 3.63) is 0 Å². The van der Waals surface area contributed by atoms with Gasteiger partial charge in [-0.2, -0.15) is 5.26 Å². The molecule has 0 aliphatic rings. The Bertz CT molecular complexity index is 150. The molecule has 0 saturated carbocycles. The Morgan fingerprint density at radius 3 is 2.50 bits per heavy atom. The molecule has 0 aromatic rings. The monoisotopic (exact) mass is 169 g/mol. The standard InChI is InChI=1S/C10H19NO/c1-4-10(2,9-11)7-5-6-8-12-3/h4-8H2,1-3H3. The Morgan fingerprint density at radius 2 is 2.08 bits per heavy atom. The summed E-state index contributed by atoms with van der Waals surface area (Å²) in [6.07, 6.45) is 4.08. The van der Waals surface area contributed by atoms with Crippen molar-refractivity contribution in [1.29, 1.82) is 5.26 Å². The Morgan fingerprint density at radius 1 is 1.42 bits per heavy atom. The number of hydrogen-bond acceptors (Lipinski definition) is 2. The Labute approximate surface area is 75.5 Å². The van der Waals surface area contributed by atoms with Crippen LogP contribution in [0.4, 0.5) is 0 Å². The minimum absolute atomic E-state index is 0.117. The summed E-state index contributed by atoms with van der Waals surface area (Å²) in [4.78, 5) is 0. The number of nitriles is 1. The van der Waals surface area contributed by atoms with E-state index in [0.717, 1.165) is 32.3 Å². The van der Waals surface area contributed by atoms with Crippen molar-refractivity contribution in [3.63, 3.8) is 0 Å². The van der Waals surface area contributed by atoms with Gasteiger partial charge in [-0.15, -0.1) is 0 Å². The van der Waals surface area contributed by atoms with E-state index in [9.17, 15) is 0 Å². The molecular weight excluding hydrogens is 150 g/mol. The summed E-state index contributed by atoms with van der Waals surface area (Å²) in [7, 11) is 1.71. The average Bonchev–Trinajstić information content (AvgIpc) is 2.12. The Kier molecular flexibility index (Phi) is 5.74. The van der Waals surface area contributed by atoms with Crippen LogP contribution in [0.25, 0.3) is 0 Å². The van der Waals surface area contributed by atoms with Gasteiger partial charge in [-0.3, -0.25) is 0 Å². The summed E-state index contributed by atoms with van der Waals surface area (Å²) >= 11 is 0. The Hall–Kier alpha value is -0.550. The maximum atomic E-state index is 8.86. The second-order valence-corrected chi connectivity index (χ2v) is 3.48. The molecule has 0 amide bonds. The van der Waals surface area contributed by atoms with Gasteiger partial charge in [0.25, 0.3) is 0 Å². The van der Waals surface area contributed by atoms with E-state index in [4.69, 9.17) is 10.00 Å². The predicted molar refractivity (Wildman–Crippen MR) is 49.7 cm³/mol. The fourth-order valence-electron chi connectivity index (χ4n) is 1.07. The molecular formula is C10H19NO. The van der Waals surface area contributed by atoms with Crippen LogP contribution >= 0.6 is 0 Å². The van der Waals surface area contributed by atoms with Crippen LogP contribution in [0.1, 0.15) is 39.5 Å². The molecule has 12 heavy (non-hydrogen) atoms. The quantitative estimate of drug-likeness (QED) is 0.573. The molecule has 0 rings (SSSR count). The minimum atomic E-state index is -0.117. The highest BCUT2D eigenvalue weighted by Gasteiger charge is 2.19. The van der Waals surface area contributed by atoms with Crippen LogP contribution in [-0.4, -0.2) is 13.7 Å². The molecule has 0 fully saturated rings. The van der Waals surface area contributed by atoms with Crippen LogP contribution in [0.15, 0.2) is 0 Å². The van der Waals surface area contributed by atoms with Crippen molar-refractivity contribution in [2.24, 2.45) is 5.41 Å². The molecule has 0 aliphatic heterocycles. The van der Waals surface area contributed by atoms with Crippen LogP contribution in [0, 0.1) is 16.7 Å². The molecule has 0 spiro atoms. The lowest BCUT2D eigenvalue weighted by Gasteiger charge is -2.18. The molecule has 0 saturated heterocycles. The van der Waals surface area contributed by atoms with Gasteiger partial charge in [0.05, 0.1) is 11.5 Å². The number of unbranched alkanes of at least 4 members (excludes halogenated alkanes) is 1. The summed E-state index contributed by atoms with van der Waals surface area (Å²) in [5, 5.41) is 8.86. The third-order valence-corrected chi connectivity index (χ3v) is 2.38. The molecule has 0 radical (unpaired) electrons. The zero-order chi connectivity index (χ0) is 9.45. The number of methoxy groups -OCH3 is 1. The van der Waals surface area contributed by atoms with Gasteiger partial charge in [-0.1, -0.05) is 6.92 Å². The third-order valence-electron chi connectivity index (χ3n) is 2.38. The van der Waals surface area contributed by atoms with E-state index in [0.29, 0.717) is 0 Å². The summed E-state index contributed by atoms with van der Waals surface area (Å²) in [5.41, 5.74) is -0.117. The Balaban J connectivity index is 3.54. The maximum absolute atomic E-state index is 8.86. The van der Waals surface area contributed by atoms with Crippen molar-refractivity contribution in [2.45, 2.75) is 39.5 Å². The maximum Gasteiger partial charge on any atom is 0.0686 e. The van der Waals surface area contributed by atoms with Gasteiger partial charge in [0.2, 0.25) is 0 Å². The molecule has 0 aliphatic carbocycles. The van der Waals surface area contributed by atoms with Crippen LogP contribution in [-0.2, 0) is 4.74 Å². The number of ether oxygens (including phenoxy) is 1. The van der Waals surface area contributed by atoms with Gasteiger partial charge in [-0.05, 0) is 32.6 Å². The van der Waals surface area contributed by atoms with E-state index in [2.05, 4.69) is 13.0 Å². The summed E-state index contributed by atoms with van der Waals surface area (Å²) in [5.74, 6) is 0. The molecule has 1 unspecified atom stereocenters. The summed E-state index contributed by atoms with van der Waals surface area (Å²) < 4.78 is 4.94. The van der Waals surface area contributed by atoms with E-state index in [1.54, 1.807) is 7.11 Å². The SMILES string of the molecule is CCC(C)(C#N)CCCCOC. The van der Waals surface area contributed by atoms with Crippen molar-refractivity contribution >= 4 is 0 Å². The van der Waals surface area contributed by atoms with Gasteiger partial charge in [0, 0.05) is 13.7 Å². The molecule has 0 bridgehead atoms. The average molecular weight is 169 g/mol. The molecule has 0 heterocycles. The lowest BCUT2D eigenvalue weighted by atomic mass is 9.84. The second-order valence-electron chi connectivity index (χ2n) is 3.48. The van der Waals surface area contributed by atoms with E-state index >= 15 is 0 Å². The van der Waals surface area contributed by atoms with Crippen LogP contribution in [0.3, 0.4) is 0 Å². The first kappa shape index (κ1) is 11.4. The van der Waals surface area contributed by atoms with Crippen LogP contribution in [0.2, 0.25) is 0 Å². The molecule has 1 atom stereocenters. The molecule has 0 aromatic carbocycles. The molecule has 2 heteroatoms. The molecule has 0 aromatic heterocycles. The third kappa shape index (κ3) is 4.35. The fraction of sp³-hybridized carbons (Fsp3) is 0.900. The zero-order valence-electron chi connectivity index (χ0n) is 8.39. The van der Waals surface area contributed by atoms with Crippen LogP contribution < -0.4 is 0 Å². The topological polar surface area (TPSA) is 33.0 Å². The highest BCUT2D eigenvalue weighted by Crippen LogP contribution is 2.26. The summed E-state index contributed by atoms with van der Waals surface area (Å²) in [6, 6.07) is 2.36. The van der Waals surface area contributed by atoms with Gasteiger partial charge < -0.3 is 4.74 Å². The molecule has 2 nitrogen and oxygen atoms in total. The largest absolute Gasteiger partial charge is 0.385 e. The van der Waals surface area contributed by atoms with Crippen molar-refractivity contribution in [2.75, 3.05) is 13.7 Å². The van der Waals surface area contributed by atoms with E-state index in [1.807, 2.05) is 6.92 Å². The van der Waals surface area contributed by atoms with Crippen molar-refractivity contribution < 1.29 is 4.74 Å². The van der Waals surface area contributed by atoms with Gasteiger partial charge in [0.1, 0.15) is 0 Å². The van der Waals surface area contributed by atoms with Crippen LogP contribution in [0.5, 0.6) is 0 Å². The first-order valence-corrected chi connectivity index (χ1v) is 4.58. The van der Waals surface area contributed by atoms with Gasteiger partial charge in [-0.25, -0.2) is 0 Å². The molecule has 70 valence electrons. The highest BCUT2D eigenvalue weighted by molar-refractivity contribution is 4.93.